The van der Waals surface area contributed by atoms with Crippen LogP contribution in [-0.2, 0) is 16.8 Å². The van der Waals surface area contributed by atoms with Gasteiger partial charge in [-0.1, -0.05) is 38.1 Å². The maximum atomic E-state index is 12.8. The van der Waals surface area contributed by atoms with Crippen LogP contribution in [0.15, 0.2) is 24.3 Å². The zero-order chi connectivity index (χ0) is 14.3. The highest BCUT2D eigenvalue weighted by atomic mass is 16.2. The number of amides is 3. The van der Waals surface area contributed by atoms with E-state index < -0.39 is 5.54 Å². The molecule has 1 spiro atoms. The Morgan fingerprint density at radius 1 is 1.30 bits per heavy atom. The van der Waals surface area contributed by atoms with Gasteiger partial charge in [-0.25, -0.2) is 4.79 Å². The number of carbonyl (C=O) groups excluding carboxylic acids is 2. The predicted octanol–water partition coefficient (Wildman–Crippen LogP) is 2.43. The summed E-state index contributed by atoms with van der Waals surface area (Å²) in [6.07, 6.45) is 2.60. The quantitative estimate of drug-likeness (QED) is 0.841. The molecular weight excluding hydrogens is 252 g/mol. The summed E-state index contributed by atoms with van der Waals surface area (Å²) < 4.78 is 0. The van der Waals surface area contributed by atoms with Crippen LogP contribution in [-0.4, -0.2) is 23.4 Å². The van der Waals surface area contributed by atoms with E-state index in [0.717, 1.165) is 18.4 Å². The van der Waals surface area contributed by atoms with Crippen LogP contribution in [0.3, 0.4) is 0 Å². The molecule has 1 N–H and O–H groups in total. The van der Waals surface area contributed by atoms with E-state index in [9.17, 15) is 9.59 Å². The average Bonchev–Trinajstić information content (AvgIpc) is 2.64. The van der Waals surface area contributed by atoms with E-state index in [1.807, 2.05) is 32.0 Å². The lowest BCUT2D eigenvalue weighted by Gasteiger charge is -2.33. The van der Waals surface area contributed by atoms with Crippen molar-refractivity contribution in [1.29, 1.82) is 0 Å². The number of carbonyl (C=O) groups is 2. The topological polar surface area (TPSA) is 49.4 Å². The van der Waals surface area contributed by atoms with E-state index in [1.165, 1.54) is 10.5 Å². The van der Waals surface area contributed by atoms with Crippen molar-refractivity contribution >= 4 is 11.9 Å². The smallest absolute Gasteiger partial charge is 0.319 e. The van der Waals surface area contributed by atoms with Crippen LogP contribution in [0.25, 0.3) is 0 Å². The number of imide groups is 1. The molecule has 2 aliphatic rings. The third-order valence-electron chi connectivity index (χ3n) is 4.20. The Bertz CT molecular complexity index is 567. The Labute approximate surface area is 119 Å². The van der Waals surface area contributed by atoms with Gasteiger partial charge in [0, 0.05) is 6.54 Å². The molecule has 1 fully saturated rings. The van der Waals surface area contributed by atoms with Crippen molar-refractivity contribution in [2.75, 3.05) is 6.54 Å². The maximum absolute atomic E-state index is 12.8. The summed E-state index contributed by atoms with van der Waals surface area (Å²) in [7, 11) is 0. The number of nitrogens with zero attached hydrogens (tertiary/aromatic N) is 1. The van der Waals surface area contributed by atoms with Crippen LogP contribution in [0.2, 0.25) is 0 Å². The summed E-state index contributed by atoms with van der Waals surface area (Å²) in [6, 6.07) is 7.72. The van der Waals surface area contributed by atoms with E-state index in [0.29, 0.717) is 13.0 Å². The van der Waals surface area contributed by atoms with Crippen LogP contribution >= 0.6 is 0 Å². The van der Waals surface area contributed by atoms with Crippen LogP contribution < -0.4 is 5.32 Å². The largest absolute Gasteiger partial charge is 0.325 e. The van der Waals surface area contributed by atoms with Crippen molar-refractivity contribution in [3.8, 4) is 0 Å². The minimum atomic E-state index is -0.819. The number of urea groups is 1. The van der Waals surface area contributed by atoms with Gasteiger partial charge in [-0.05, 0) is 36.3 Å². The molecule has 0 bridgehead atoms. The molecule has 3 rings (SSSR count). The Balaban J connectivity index is 2.03. The number of fused-ring (bicyclic) bond motifs is 2. The second-order valence-electron chi connectivity index (χ2n) is 6.16. The van der Waals surface area contributed by atoms with Gasteiger partial charge in [-0.3, -0.25) is 9.69 Å². The zero-order valence-electron chi connectivity index (χ0n) is 12.0. The van der Waals surface area contributed by atoms with Gasteiger partial charge in [0.25, 0.3) is 5.91 Å². The molecule has 1 aliphatic heterocycles. The van der Waals surface area contributed by atoms with Gasteiger partial charge in [0.15, 0.2) is 0 Å². The van der Waals surface area contributed by atoms with Crippen molar-refractivity contribution < 1.29 is 9.59 Å². The van der Waals surface area contributed by atoms with Crippen LogP contribution in [0.4, 0.5) is 4.79 Å². The molecule has 0 aromatic heterocycles. The monoisotopic (exact) mass is 272 g/mol. The molecule has 1 saturated heterocycles. The fraction of sp³-hybridized carbons (Fsp3) is 0.500. The Morgan fingerprint density at radius 3 is 2.80 bits per heavy atom. The average molecular weight is 272 g/mol. The van der Waals surface area contributed by atoms with E-state index in [4.69, 9.17) is 0 Å². The summed E-state index contributed by atoms with van der Waals surface area (Å²) >= 11 is 0. The summed E-state index contributed by atoms with van der Waals surface area (Å²) in [5.74, 6) is 0.196. The number of nitrogens with one attached hydrogen (secondary N) is 1. The van der Waals surface area contributed by atoms with Gasteiger partial charge in [0.05, 0.1) is 0 Å². The van der Waals surface area contributed by atoms with Crippen LogP contribution in [0.5, 0.6) is 0 Å². The lowest BCUT2D eigenvalue weighted by Crippen LogP contribution is -2.46. The molecule has 1 aromatic rings. The normalized spacial score (nSPS) is 25.2. The number of benzene rings is 1. The SMILES string of the molecule is CC(C)CN1C(=O)N[C@@]2(CCCc3ccccc32)C1=O. The van der Waals surface area contributed by atoms with Crippen molar-refractivity contribution in [3.05, 3.63) is 35.4 Å². The molecule has 3 amide bonds. The Kier molecular flexibility index (Phi) is 3.04. The van der Waals surface area contributed by atoms with Crippen molar-refractivity contribution in [1.82, 2.24) is 10.2 Å². The second kappa shape index (κ2) is 4.62. The Morgan fingerprint density at radius 2 is 2.05 bits per heavy atom. The molecule has 0 saturated carbocycles. The number of hydrogen-bond donors (Lipinski definition) is 1. The number of hydrogen-bond acceptors (Lipinski definition) is 2. The van der Waals surface area contributed by atoms with Gasteiger partial charge in [0.2, 0.25) is 0 Å². The second-order valence-corrected chi connectivity index (χ2v) is 6.16. The molecule has 4 nitrogen and oxygen atoms in total. The van der Waals surface area contributed by atoms with E-state index in [2.05, 4.69) is 11.4 Å². The maximum Gasteiger partial charge on any atom is 0.325 e. The third-order valence-corrected chi connectivity index (χ3v) is 4.20. The standard InChI is InChI=1S/C16H20N2O2/c1-11(2)10-18-14(19)16(17-15(18)20)9-5-7-12-6-3-4-8-13(12)16/h3-4,6,8,11H,5,7,9-10H2,1-2H3,(H,17,20)/t16-/m1/s1. The molecule has 0 radical (unpaired) electrons. The fourth-order valence-corrected chi connectivity index (χ4v) is 3.34. The molecule has 106 valence electrons. The van der Waals surface area contributed by atoms with Crippen molar-refractivity contribution in [3.63, 3.8) is 0 Å². The van der Waals surface area contributed by atoms with Gasteiger partial charge in [0.1, 0.15) is 5.54 Å². The number of rotatable bonds is 2. The van der Waals surface area contributed by atoms with Crippen molar-refractivity contribution in [2.45, 2.75) is 38.6 Å². The molecule has 1 heterocycles. The zero-order valence-corrected chi connectivity index (χ0v) is 12.0. The summed E-state index contributed by atoms with van der Waals surface area (Å²) in [6.45, 7) is 4.51. The van der Waals surface area contributed by atoms with Crippen LogP contribution in [0, 0.1) is 5.92 Å². The van der Waals surface area contributed by atoms with E-state index >= 15 is 0 Å². The van der Waals surface area contributed by atoms with E-state index in [-0.39, 0.29) is 17.9 Å². The molecule has 1 aromatic carbocycles. The summed E-state index contributed by atoms with van der Waals surface area (Å²) in [5.41, 5.74) is 1.34. The first-order chi connectivity index (χ1) is 9.54. The Hall–Kier alpha value is -1.84. The third kappa shape index (κ3) is 1.82. The summed E-state index contributed by atoms with van der Waals surface area (Å²) in [5, 5.41) is 2.97. The van der Waals surface area contributed by atoms with Crippen molar-refractivity contribution in [2.24, 2.45) is 5.92 Å². The lowest BCUT2D eigenvalue weighted by molar-refractivity contribution is -0.132. The highest BCUT2D eigenvalue weighted by Gasteiger charge is 2.53. The van der Waals surface area contributed by atoms with Gasteiger partial charge in [-0.2, -0.15) is 0 Å². The van der Waals surface area contributed by atoms with Crippen LogP contribution in [0.1, 0.15) is 37.8 Å². The lowest BCUT2D eigenvalue weighted by atomic mass is 9.76. The molecule has 4 heteroatoms. The first kappa shape index (κ1) is 13.2. The van der Waals surface area contributed by atoms with E-state index in [1.54, 1.807) is 0 Å². The first-order valence-electron chi connectivity index (χ1n) is 7.27. The highest BCUT2D eigenvalue weighted by molar-refractivity contribution is 6.07. The van der Waals surface area contributed by atoms with Gasteiger partial charge >= 0.3 is 6.03 Å². The minimum Gasteiger partial charge on any atom is -0.319 e. The summed E-state index contributed by atoms with van der Waals surface area (Å²) in [4.78, 5) is 26.4. The number of aryl methyl sites for hydroxylation is 1. The van der Waals surface area contributed by atoms with Gasteiger partial charge in [-0.15, -0.1) is 0 Å². The highest BCUT2D eigenvalue weighted by Crippen LogP contribution is 2.39. The first-order valence-corrected chi connectivity index (χ1v) is 7.27. The molecular formula is C16H20N2O2. The molecule has 1 atom stereocenters. The van der Waals surface area contributed by atoms with Gasteiger partial charge < -0.3 is 5.32 Å². The fourth-order valence-electron chi connectivity index (χ4n) is 3.34. The molecule has 0 unspecified atom stereocenters. The predicted molar refractivity (Wildman–Crippen MR) is 76.1 cm³/mol. The molecule has 1 aliphatic carbocycles. The molecule has 20 heavy (non-hydrogen) atoms. The minimum absolute atomic E-state index is 0.0802.